The largest absolute Gasteiger partial charge is 0.481 e. The van der Waals surface area contributed by atoms with Crippen LogP contribution in [-0.2, 0) is 19.6 Å². The van der Waals surface area contributed by atoms with Crippen LogP contribution in [0.15, 0.2) is 24.3 Å². The maximum Gasteiger partial charge on any atom is 0.305 e. The molecule has 0 saturated carbocycles. The second kappa shape index (κ2) is 8.74. The maximum atomic E-state index is 13.0. The number of benzene rings is 1. The SMILES string of the molecule is CCN(CC)S(=O)(=O)CC(=O)NC(CC(=O)O)c1ccc(F)cc1. The fourth-order valence-electron chi connectivity index (χ4n) is 2.23. The number of carbonyl (C=O) groups excluding carboxylic acids is 1. The highest BCUT2D eigenvalue weighted by Gasteiger charge is 2.25. The molecular weight excluding hydrogens is 339 g/mol. The molecule has 2 N–H and O–H groups in total. The van der Waals surface area contributed by atoms with Gasteiger partial charge in [0.05, 0.1) is 12.5 Å². The van der Waals surface area contributed by atoms with Crippen LogP contribution in [0, 0.1) is 5.82 Å². The zero-order valence-corrected chi connectivity index (χ0v) is 14.3. The van der Waals surface area contributed by atoms with Crippen molar-refractivity contribution in [3.8, 4) is 0 Å². The van der Waals surface area contributed by atoms with Gasteiger partial charge in [0.2, 0.25) is 15.9 Å². The predicted octanol–water partition coefficient (Wildman–Crippen LogP) is 1.13. The smallest absolute Gasteiger partial charge is 0.305 e. The minimum absolute atomic E-state index is 0.239. The fraction of sp³-hybridized carbons (Fsp3) is 0.467. The highest BCUT2D eigenvalue weighted by molar-refractivity contribution is 7.89. The van der Waals surface area contributed by atoms with Gasteiger partial charge in [-0.1, -0.05) is 26.0 Å². The van der Waals surface area contributed by atoms with Crippen molar-refractivity contribution in [2.75, 3.05) is 18.8 Å². The molecule has 1 atom stereocenters. The van der Waals surface area contributed by atoms with Gasteiger partial charge in [0.15, 0.2) is 0 Å². The number of hydrogen-bond acceptors (Lipinski definition) is 4. The summed E-state index contributed by atoms with van der Waals surface area (Å²) >= 11 is 0. The molecule has 0 radical (unpaired) electrons. The van der Waals surface area contributed by atoms with Gasteiger partial charge in [0, 0.05) is 13.1 Å². The van der Waals surface area contributed by atoms with E-state index in [9.17, 15) is 22.4 Å². The average Bonchev–Trinajstić information content (AvgIpc) is 2.47. The molecule has 9 heteroatoms. The minimum atomic E-state index is -3.77. The number of carboxylic acid groups (broad SMARTS) is 1. The lowest BCUT2D eigenvalue weighted by atomic mass is 10.0. The molecule has 1 unspecified atom stereocenters. The van der Waals surface area contributed by atoms with Crippen LogP contribution >= 0.6 is 0 Å². The second-order valence-electron chi connectivity index (χ2n) is 5.11. The van der Waals surface area contributed by atoms with Gasteiger partial charge in [-0.15, -0.1) is 0 Å². The van der Waals surface area contributed by atoms with Crippen LogP contribution in [0.5, 0.6) is 0 Å². The van der Waals surface area contributed by atoms with Gasteiger partial charge in [0.25, 0.3) is 0 Å². The van der Waals surface area contributed by atoms with Gasteiger partial charge < -0.3 is 10.4 Å². The van der Waals surface area contributed by atoms with Crippen molar-refractivity contribution in [2.45, 2.75) is 26.3 Å². The Balaban J connectivity index is 2.88. The number of rotatable bonds is 9. The zero-order valence-electron chi connectivity index (χ0n) is 13.5. The molecule has 0 aliphatic rings. The van der Waals surface area contributed by atoms with E-state index < -0.39 is 45.9 Å². The lowest BCUT2D eigenvalue weighted by Crippen LogP contribution is -2.40. The highest BCUT2D eigenvalue weighted by Crippen LogP contribution is 2.17. The van der Waals surface area contributed by atoms with Crippen molar-refractivity contribution < 1.29 is 27.5 Å². The van der Waals surface area contributed by atoms with E-state index in [-0.39, 0.29) is 13.1 Å². The van der Waals surface area contributed by atoms with Gasteiger partial charge >= 0.3 is 5.97 Å². The van der Waals surface area contributed by atoms with E-state index in [1.165, 1.54) is 12.1 Å². The second-order valence-corrected chi connectivity index (χ2v) is 7.08. The number of hydrogen-bond donors (Lipinski definition) is 2. The predicted molar refractivity (Wildman–Crippen MR) is 86.2 cm³/mol. The summed E-state index contributed by atoms with van der Waals surface area (Å²) in [6.45, 7) is 3.79. The van der Waals surface area contributed by atoms with E-state index in [2.05, 4.69) is 5.32 Å². The lowest BCUT2D eigenvalue weighted by molar-refractivity contribution is -0.137. The van der Waals surface area contributed by atoms with Crippen molar-refractivity contribution in [2.24, 2.45) is 0 Å². The van der Waals surface area contributed by atoms with Crippen LogP contribution in [0.2, 0.25) is 0 Å². The molecule has 1 rings (SSSR count). The van der Waals surface area contributed by atoms with Crippen molar-refractivity contribution in [1.82, 2.24) is 9.62 Å². The minimum Gasteiger partial charge on any atom is -0.481 e. The Kier molecular flexibility index (Phi) is 7.30. The topological polar surface area (TPSA) is 104 Å². The standard InChI is InChI=1S/C15H21FN2O5S/c1-3-18(4-2)24(22,23)10-14(19)17-13(9-15(20)21)11-5-7-12(16)8-6-11/h5-8,13H,3-4,9-10H2,1-2H3,(H,17,19)(H,20,21). The number of sulfonamides is 1. The Bertz CT molecular complexity index is 672. The molecule has 1 aromatic rings. The van der Waals surface area contributed by atoms with Gasteiger partial charge in [-0.25, -0.2) is 17.1 Å². The van der Waals surface area contributed by atoms with E-state index >= 15 is 0 Å². The van der Waals surface area contributed by atoms with E-state index in [4.69, 9.17) is 5.11 Å². The molecule has 24 heavy (non-hydrogen) atoms. The molecule has 7 nitrogen and oxygen atoms in total. The molecule has 0 fully saturated rings. The summed E-state index contributed by atoms with van der Waals surface area (Å²) < 4.78 is 38.3. The van der Waals surface area contributed by atoms with E-state index in [1.807, 2.05) is 0 Å². The molecule has 0 spiro atoms. The summed E-state index contributed by atoms with van der Waals surface area (Å²) in [4.78, 5) is 23.0. The Morgan fingerprint density at radius 3 is 2.21 bits per heavy atom. The third-order valence-electron chi connectivity index (χ3n) is 3.40. The van der Waals surface area contributed by atoms with Crippen LogP contribution in [0.4, 0.5) is 4.39 Å². The Morgan fingerprint density at radius 2 is 1.75 bits per heavy atom. The fourth-order valence-corrected chi connectivity index (χ4v) is 3.62. The molecule has 0 aliphatic carbocycles. The van der Waals surface area contributed by atoms with Crippen molar-refractivity contribution in [3.63, 3.8) is 0 Å². The quantitative estimate of drug-likeness (QED) is 0.687. The van der Waals surface area contributed by atoms with Crippen molar-refractivity contribution in [1.29, 1.82) is 0 Å². The van der Waals surface area contributed by atoms with E-state index in [0.29, 0.717) is 5.56 Å². The summed E-state index contributed by atoms with van der Waals surface area (Å²) in [5.74, 6) is -3.25. The summed E-state index contributed by atoms with van der Waals surface area (Å²) in [6, 6.07) is 4.04. The first-order valence-corrected chi connectivity index (χ1v) is 9.05. The van der Waals surface area contributed by atoms with Crippen LogP contribution < -0.4 is 5.32 Å². The number of aliphatic carboxylic acids is 1. The molecule has 1 aromatic carbocycles. The summed E-state index contributed by atoms with van der Waals surface area (Å²) in [7, 11) is -3.77. The average molecular weight is 360 g/mol. The zero-order chi connectivity index (χ0) is 18.3. The first-order chi connectivity index (χ1) is 11.2. The number of halogens is 1. The van der Waals surface area contributed by atoms with Crippen molar-refractivity contribution in [3.05, 3.63) is 35.6 Å². The normalized spacial score (nSPS) is 12.8. The van der Waals surface area contributed by atoms with Gasteiger partial charge in [-0.2, -0.15) is 0 Å². The summed E-state index contributed by atoms with van der Waals surface area (Å²) in [6.07, 6.45) is -0.442. The van der Waals surface area contributed by atoms with Gasteiger partial charge in [0.1, 0.15) is 11.6 Å². The first kappa shape index (κ1) is 20.0. The van der Waals surface area contributed by atoms with E-state index in [1.54, 1.807) is 13.8 Å². The number of nitrogens with zero attached hydrogens (tertiary/aromatic N) is 1. The van der Waals surface area contributed by atoms with Gasteiger partial charge in [-0.3, -0.25) is 9.59 Å². The van der Waals surface area contributed by atoms with Crippen LogP contribution in [0.3, 0.4) is 0 Å². The number of carboxylic acids is 1. The third-order valence-corrected chi connectivity index (χ3v) is 5.33. The van der Waals surface area contributed by atoms with Gasteiger partial charge in [-0.05, 0) is 17.7 Å². The van der Waals surface area contributed by atoms with Crippen LogP contribution in [0.1, 0.15) is 31.9 Å². The molecular formula is C15H21FN2O5S. The highest BCUT2D eigenvalue weighted by atomic mass is 32.2. The molecule has 1 amide bonds. The summed E-state index contributed by atoms with van der Waals surface area (Å²) in [5, 5.41) is 11.4. The third kappa shape index (κ3) is 5.89. The molecule has 0 aliphatic heterocycles. The molecule has 134 valence electrons. The molecule has 0 heterocycles. The monoisotopic (exact) mass is 360 g/mol. The van der Waals surface area contributed by atoms with Crippen molar-refractivity contribution >= 4 is 21.9 Å². The van der Waals surface area contributed by atoms with Crippen LogP contribution in [0.25, 0.3) is 0 Å². The first-order valence-electron chi connectivity index (χ1n) is 7.44. The summed E-state index contributed by atoms with van der Waals surface area (Å²) in [5.41, 5.74) is 0.382. The molecule has 0 saturated heterocycles. The van der Waals surface area contributed by atoms with E-state index in [0.717, 1.165) is 16.4 Å². The number of carbonyl (C=O) groups is 2. The lowest BCUT2D eigenvalue weighted by Gasteiger charge is -2.20. The Morgan fingerprint density at radius 1 is 1.21 bits per heavy atom. The Hall–Kier alpha value is -2.00. The number of amides is 1. The number of nitrogens with one attached hydrogen (secondary N) is 1. The van der Waals surface area contributed by atoms with Crippen LogP contribution in [-0.4, -0.2) is 48.5 Å². The Labute approximate surface area is 140 Å². The molecule has 0 bridgehead atoms. The molecule has 0 aromatic heterocycles. The maximum absolute atomic E-state index is 13.0.